The number of ketones is 1. The average Bonchev–Trinajstić information content (AvgIpc) is 2.94. The monoisotopic (exact) mass is 604 g/mol. The van der Waals surface area contributed by atoms with E-state index < -0.39 is 9.84 Å². The molecule has 0 heterocycles. The van der Waals surface area contributed by atoms with E-state index in [0.29, 0.717) is 5.41 Å². The minimum absolute atomic E-state index is 0. The molecule has 1 saturated carbocycles. The number of benzene rings is 2. The molecule has 5 heteroatoms. The predicted molar refractivity (Wildman–Crippen MR) is 158 cm³/mol. The summed E-state index contributed by atoms with van der Waals surface area (Å²) in [5, 5.41) is 0. The van der Waals surface area contributed by atoms with E-state index in [4.69, 9.17) is 0 Å². The maximum atomic E-state index is 9.63. The van der Waals surface area contributed by atoms with E-state index in [9.17, 15) is 13.2 Å². The number of sulfone groups is 1. The van der Waals surface area contributed by atoms with E-state index in [1.165, 1.54) is 74.1 Å². The number of Topliss-reactive ketones (excluding diaryl/α,β-unsaturated/α-hetero) is 1. The van der Waals surface area contributed by atoms with Crippen LogP contribution in [0.4, 0.5) is 0 Å². The van der Waals surface area contributed by atoms with Gasteiger partial charge in [0.05, 0.1) is 0 Å². The molecule has 37 heavy (non-hydrogen) atoms. The molecule has 2 aliphatic rings. The number of carbonyl (C=O) groups is 1. The van der Waals surface area contributed by atoms with Gasteiger partial charge in [0.25, 0.3) is 0 Å². The van der Waals surface area contributed by atoms with Gasteiger partial charge < -0.3 is 10.7 Å². The van der Waals surface area contributed by atoms with E-state index >= 15 is 0 Å². The van der Waals surface area contributed by atoms with Crippen LogP contribution in [0.3, 0.4) is 0 Å². The summed E-state index contributed by atoms with van der Waals surface area (Å²) in [4.78, 5) is 9.44. The minimum Gasteiger partial charge on any atom is -0.323 e. The van der Waals surface area contributed by atoms with Crippen molar-refractivity contribution in [1.29, 1.82) is 0 Å². The van der Waals surface area contributed by atoms with Crippen LogP contribution in [0.5, 0.6) is 0 Å². The Morgan fingerprint density at radius 1 is 0.730 bits per heavy atom. The van der Waals surface area contributed by atoms with Crippen LogP contribution in [-0.2, 0) is 52.8 Å². The third kappa shape index (κ3) is 17.4. The van der Waals surface area contributed by atoms with Crippen molar-refractivity contribution in [2.24, 2.45) is 5.41 Å². The molecule has 0 atom stereocenters. The summed E-state index contributed by atoms with van der Waals surface area (Å²) in [6.45, 7) is 18.7. The maximum absolute atomic E-state index is 9.63. The molecule has 4 rings (SSSR count). The third-order valence-corrected chi connectivity index (χ3v) is 5.70. The Morgan fingerprint density at radius 3 is 1.24 bits per heavy atom. The zero-order chi connectivity index (χ0) is 28.2. The first kappa shape index (κ1) is 38.3. The summed E-state index contributed by atoms with van der Waals surface area (Å²) >= 11 is 0. The molecule has 2 aliphatic carbocycles. The fraction of sp³-hybridized carbons (Fsp3) is 0.562. The van der Waals surface area contributed by atoms with Crippen LogP contribution in [0.15, 0.2) is 48.5 Å². The van der Waals surface area contributed by atoms with Crippen molar-refractivity contribution in [3.63, 3.8) is 0 Å². The van der Waals surface area contributed by atoms with Gasteiger partial charge in [-0.15, -0.1) is 0 Å². The van der Waals surface area contributed by atoms with Crippen LogP contribution in [-0.4, -0.2) is 26.7 Å². The van der Waals surface area contributed by atoms with Gasteiger partial charge in [0.2, 0.25) is 0 Å². The van der Waals surface area contributed by atoms with E-state index in [2.05, 4.69) is 97.0 Å². The molecule has 0 amide bonds. The number of carbonyl (C=O) groups excluding carboxylic acids is 1. The smallest absolute Gasteiger partial charge is 0.144 e. The van der Waals surface area contributed by atoms with Gasteiger partial charge in [-0.05, 0) is 54.4 Å². The first-order chi connectivity index (χ1) is 16.4. The van der Waals surface area contributed by atoms with E-state index in [-0.39, 0.29) is 43.9 Å². The van der Waals surface area contributed by atoms with Gasteiger partial charge in [-0.25, -0.2) is 8.42 Å². The molecule has 207 valence electrons. The minimum atomic E-state index is -2.67. The molecule has 1 fully saturated rings. The van der Waals surface area contributed by atoms with Crippen molar-refractivity contribution in [1.82, 2.24) is 0 Å². The van der Waals surface area contributed by atoms with Crippen LogP contribution in [0.1, 0.15) is 106 Å². The summed E-state index contributed by atoms with van der Waals surface area (Å²) in [7, 11) is -2.67. The number of hydrogen-bond donors (Lipinski definition) is 0. The summed E-state index contributed by atoms with van der Waals surface area (Å²) in [6.07, 6.45) is 9.63. The molecular weight excluding hydrogens is 553 g/mol. The average molecular weight is 605 g/mol. The molecule has 2 aromatic carbocycles. The first-order valence-corrected chi connectivity index (χ1v) is 15.3. The predicted octanol–water partition coefficient (Wildman–Crippen LogP) is 8.84. The van der Waals surface area contributed by atoms with E-state index in [1.807, 2.05) is 0 Å². The second kappa shape index (κ2) is 17.7. The van der Waals surface area contributed by atoms with E-state index in [1.54, 1.807) is 0 Å². The number of hydrogen-bond acceptors (Lipinski definition) is 3. The first-order valence-electron chi connectivity index (χ1n) is 13.0. The molecule has 1 radical (unpaired) electrons. The maximum Gasteiger partial charge on any atom is 0.144 e. The summed E-state index contributed by atoms with van der Waals surface area (Å²) in [5.41, 5.74) is 6.54. The topological polar surface area (TPSA) is 51.2 Å². The molecule has 3 nitrogen and oxygen atoms in total. The molecule has 0 unspecified atom stereocenters. The Balaban J connectivity index is 0. The van der Waals surface area contributed by atoms with Gasteiger partial charge in [-0.3, -0.25) is 0 Å². The second-order valence-electron chi connectivity index (χ2n) is 12.0. The van der Waals surface area contributed by atoms with Crippen molar-refractivity contribution < 1.29 is 45.9 Å². The summed E-state index contributed by atoms with van der Waals surface area (Å²) in [5.74, 6) is 1.58. The standard InChI is InChI=1S/C15H14.C8H16.C4H9.C3H6O.C2H6O2S.Y/c1-15(2)13-9-5-3-7-11(13)12-8-4-6-10-14(12)15;1-8(2)6-4-3-5-7-8;1-4(2)3;1-3(2)4;1-5(2,3)4;/h3-10H,1-2H3;3-7H2,1-2H3;1-3H3;1-2H3;1-2H3;/q;;-1;;;. The molecule has 0 aromatic heterocycles. The Hall–Kier alpha value is -0.836. The Kier molecular flexibility index (Phi) is 18.3. The van der Waals surface area contributed by atoms with Crippen molar-refractivity contribution in [2.45, 2.75) is 99.8 Å². The van der Waals surface area contributed by atoms with Gasteiger partial charge >= 0.3 is 0 Å². The largest absolute Gasteiger partial charge is 0.323 e. The molecule has 2 aromatic rings. The Morgan fingerprint density at radius 2 is 1.00 bits per heavy atom. The van der Waals surface area contributed by atoms with Crippen molar-refractivity contribution in [3.05, 3.63) is 65.6 Å². The third-order valence-electron chi connectivity index (χ3n) is 5.70. The van der Waals surface area contributed by atoms with Crippen molar-refractivity contribution in [3.8, 4) is 11.1 Å². The number of rotatable bonds is 0. The van der Waals surface area contributed by atoms with Gasteiger partial charge in [0, 0.05) is 50.6 Å². The SMILES string of the molecule is CC(C)=O.CC1(C)CCCCC1.CC1(C)c2ccccc2-c2ccccc21.CS(C)(=O)=O.C[C-](C)C.[Y]. The Labute approximate surface area is 254 Å². The zero-order valence-corrected chi connectivity index (χ0v) is 29.0. The van der Waals surface area contributed by atoms with Crippen molar-refractivity contribution >= 4 is 15.6 Å². The van der Waals surface area contributed by atoms with Crippen LogP contribution in [0, 0.1) is 11.3 Å². The fourth-order valence-corrected chi connectivity index (χ4v) is 4.18. The molecular formula is C32H51O3SY-. The fourth-order valence-electron chi connectivity index (χ4n) is 4.18. The van der Waals surface area contributed by atoms with Gasteiger partial charge in [-0.2, -0.15) is 20.8 Å². The van der Waals surface area contributed by atoms with Crippen molar-refractivity contribution in [2.75, 3.05) is 12.5 Å². The zero-order valence-electron chi connectivity index (χ0n) is 25.4. The quantitative estimate of drug-likeness (QED) is 0.282. The van der Waals surface area contributed by atoms with E-state index in [0.717, 1.165) is 12.5 Å². The second-order valence-corrected chi connectivity index (χ2v) is 14.3. The molecule has 0 N–H and O–H groups in total. The van der Waals surface area contributed by atoms with Crippen LogP contribution in [0.2, 0.25) is 0 Å². The van der Waals surface area contributed by atoms with Crippen LogP contribution < -0.4 is 0 Å². The van der Waals surface area contributed by atoms with Gasteiger partial charge in [-0.1, -0.05) is 95.5 Å². The number of fused-ring (bicyclic) bond motifs is 3. The Bertz CT molecular complexity index is 967. The normalized spacial score (nSPS) is 15.7. The molecule has 0 bridgehead atoms. The summed E-state index contributed by atoms with van der Waals surface area (Å²) in [6, 6.07) is 17.4. The van der Waals surface area contributed by atoms with Gasteiger partial charge in [0.15, 0.2) is 0 Å². The molecule has 0 saturated heterocycles. The molecule has 0 aliphatic heterocycles. The molecule has 0 spiro atoms. The van der Waals surface area contributed by atoms with Crippen LogP contribution in [0.25, 0.3) is 11.1 Å². The van der Waals surface area contributed by atoms with Crippen LogP contribution >= 0.6 is 0 Å². The summed E-state index contributed by atoms with van der Waals surface area (Å²) < 4.78 is 19.3. The van der Waals surface area contributed by atoms with Gasteiger partial charge in [0.1, 0.15) is 15.6 Å².